The van der Waals surface area contributed by atoms with Gasteiger partial charge in [0, 0.05) is 36.2 Å². The first-order chi connectivity index (χ1) is 5.63. The third-order valence-electron chi connectivity index (χ3n) is 1.97. The average molecular weight is 190 g/mol. The van der Waals surface area contributed by atoms with Crippen LogP contribution in [0, 0.1) is 0 Å². The standard InChI is InChI=1S/C7H14N2O2S/c1-8-6-3-9(4-6)7(10)5-12(2)11/h6,8H,3-5H2,1-2H3. The first-order valence-electron chi connectivity index (χ1n) is 3.88. The Morgan fingerprint density at radius 1 is 1.67 bits per heavy atom. The Balaban J connectivity index is 2.24. The van der Waals surface area contributed by atoms with Crippen molar-refractivity contribution in [1.82, 2.24) is 10.2 Å². The Hall–Kier alpha value is -0.420. The molecule has 1 saturated heterocycles. The van der Waals surface area contributed by atoms with Gasteiger partial charge in [0.15, 0.2) is 0 Å². The van der Waals surface area contributed by atoms with Crippen LogP contribution in [0.1, 0.15) is 0 Å². The molecule has 70 valence electrons. The first kappa shape index (κ1) is 9.67. The van der Waals surface area contributed by atoms with Crippen molar-refractivity contribution in [3.63, 3.8) is 0 Å². The van der Waals surface area contributed by atoms with Crippen LogP contribution in [0.4, 0.5) is 0 Å². The lowest BCUT2D eigenvalue weighted by atomic mass is 10.1. The molecule has 12 heavy (non-hydrogen) atoms. The van der Waals surface area contributed by atoms with E-state index in [-0.39, 0.29) is 11.7 Å². The van der Waals surface area contributed by atoms with E-state index in [2.05, 4.69) is 5.32 Å². The molecule has 1 heterocycles. The van der Waals surface area contributed by atoms with E-state index in [1.165, 1.54) is 0 Å². The molecule has 1 aliphatic heterocycles. The molecule has 1 unspecified atom stereocenters. The summed E-state index contributed by atoms with van der Waals surface area (Å²) >= 11 is 0. The summed E-state index contributed by atoms with van der Waals surface area (Å²) in [6.45, 7) is 1.51. The summed E-state index contributed by atoms with van der Waals surface area (Å²) < 4.78 is 10.7. The maximum absolute atomic E-state index is 11.2. The van der Waals surface area contributed by atoms with E-state index in [1.54, 1.807) is 11.2 Å². The van der Waals surface area contributed by atoms with E-state index in [1.807, 2.05) is 7.05 Å². The van der Waals surface area contributed by atoms with Gasteiger partial charge in [0.2, 0.25) is 5.91 Å². The molecule has 1 aliphatic rings. The minimum Gasteiger partial charge on any atom is -0.339 e. The number of likely N-dealkylation sites (tertiary alicyclic amines) is 1. The second-order valence-electron chi connectivity index (χ2n) is 3.00. The molecule has 1 N–H and O–H groups in total. The molecular formula is C7H14N2O2S. The van der Waals surface area contributed by atoms with Gasteiger partial charge in [-0.05, 0) is 7.05 Å². The van der Waals surface area contributed by atoms with Crippen molar-refractivity contribution in [2.75, 3.05) is 32.1 Å². The molecule has 1 rings (SSSR count). The molecule has 0 aliphatic carbocycles. The number of rotatable bonds is 3. The molecule has 0 bridgehead atoms. The fourth-order valence-corrected chi connectivity index (χ4v) is 1.66. The van der Waals surface area contributed by atoms with Gasteiger partial charge in [-0.3, -0.25) is 9.00 Å². The van der Waals surface area contributed by atoms with Crippen molar-refractivity contribution < 1.29 is 9.00 Å². The third kappa shape index (κ3) is 2.28. The van der Waals surface area contributed by atoms with Gasteiger partial charge in [0.1, 0.15) is 5.75 Å². The van der Waals surface area contributed by atoms with Crippen LogP contribution in [0.25, 0.3) is 0 Å². The quantitative estimate of drug-likeness (QED) is 0.608. The molecule has 0 aromatic rings. The van der Waals surface area contributed by atoms with Crippen molar-refractivity contribution in [3.05, 3.63) is 0 Å². The largest absolute Gasteiger partial charge is 0.339 e. The van der Waals surface area contributed by atoms with Crippen molar-refractivity contribution in [3.8, 4) is 0 Å². The van der Waals surface area contributed by atoms with Crippen LogP contribution in [0.15, 0.2) is 0 Å². The molecule has 0 saturated carbocycles. The van der Waals surface area contributed by atoms with Crippen LogP contribution in [-0.2, 0) is 15.6 Å². The zero-order chi connectivity index (χ0) is 9.14. The van der Waals surface area contributed by atoms with Gasteiger partial charge in [0.05, 0.1) is 0 Å². The summed E-state index contributed by atoms with van der Waals surface area (Å²) in [5.74, 6) is 0.165. The van der Waals surface area contributed by atoms with Crippen LogP contribution in [0.3, 0.4) is 0 Å². The van der Waals surface area contributed by atoms with Crippen LogP contribution in [-0.4, -0.2) is 53.2 Å². The van der Waals surface area contributed by atoms with Gasteiger partial charge >= 0.3 is 0 Å². The van der Waals surface area contributed by atoms with Gasteiger partial charge in [-0.15, -0.1) is 0 Å². The highest BCUT2D eigenvalue weighted by Crippen LogP contribution is 2.07. The van der Waals surface area contributed by atoms with Gasteiger partial charge in [0.25, 0.3) is 0 Å². The number of likely N-dealkylation sites (N-methyl/N-ethyl adjacent to an activating group) is 1. The normalized spacial score (nSPS) is 20.3. The number of nitrogens with zero attached hydrogens (tertiary/aromatic N) is 1. The van der Waals surface area contributed by atoms with Gasteiger partial charge in [-0.2, -0.15) is 0 Å². The lowest BCUT2D eigenvalue weighted by Gasteiger charge is -2.38. The summed E-state index contributed by atoms with van der Waals surface area (Å²) in [4.78, 5) is 12.9. The van der Waals surface area contributed by atoms with E-state index in [0.29, 0.717) is 6.04 Å². The van der Waals surface area contributed by atoms with Gasteiger partial charge in [-0.25, -0.2) is 0 Å². The molecule has 0 aromatic heterocycles. The van der Waals surface area contributed by atoms with E-state index in [0.717, 1.165) is 13.1 Å². The predicted molar refractivity (Wildman–Crippen MR) is 48.4 cm³/mol. The number of hydrogen-bond donors (Lipinski definition) is 1. The minimum atomic E-state index is -1.01. The first-order valence-corrected chi connectivity index (χ1v) is 5.61. The zero-order valence-electron chi connectivity index (χ0n) is 7.37. The average Bonchev–Trinajstić information content (AvgIpc) is 1.82. The second kappa shape index (κ2) is 4.00. The third-order valence-corrected chi connectivity index (χ3v) is 2.62. The van der Waals surface area contributed by atoms with Crippen molar-refractivity contribution in [1.29, 1.82) is 0 Å². The van der Waals surface area contributed by atoms with Gasteiger partial charge in [-0.1, -0.05) is 0 Å². The summed E-state index contributed by atoms with van der Waals surface area (Å²) in [5.41, 5.74) is 0. The Morgan fingerprint density at radius 2 is 2.25 bits per heavy atom. The second-order valence-corrected chi connectivity index (χ2v) is 4.44. The van der Waals surface area contributed by atoms with Crippen molar-refractivity contribution >= 4 is 16.7 Å². The highest BCUT2D eigenvalue weighted by atomic mass is 32.2. The lowest BCUT2D eigenvalue weighted by molar-refractivity contribution is -0.133. The fraction of sp³-hybridized carbons (Fsp3) is 0.857. The summed E-state index contributed by atoms with van der Waals surface area (Å²) in [6.07, 6.45) is 1.55. The number of carbonyl (C=O) groups is 1. The highest BCUT2D eigenvalue weighted by molar-refractivity contribution is 7.85. The molecule has 1 fully saturated rings. The maximum atomic E-state index is 11.2. The molecule has 5 heteroatoms. The molecule has 0 spiro atoms. The summed E-state index contributed by atoms with van der Waals surface area (Å²) in [5, 5.41) is 3.07. The molecule has 0 radical (unpaired) electrons. The highest BCUT2D eigenvalue weighted by Gasteiger charge is 2.29. The van der Waals surface area contributed by atoms with E-state index in [9.17, 15) is 9.00 Å². The van der Waals surface area contributed by atoms with E-state index < -0.39 is 10.8 Å². The maximum Gasteiger partial charge on any atom is 0.235 e. The lowest BCUT2D eigenvalue weighted by Crippen LogP contribution is -2.59. The van der Waals surface area contributed by atoms with Crippen molar-refractivity contribution in [2.24, 2.45) is 0 Å². The number of hydrogen-bond acceptors (Lipinski definition) is 3. The van der Waals surface area contributed by atoms with Crippen LogP contribution in [0.5, 0.6) is 0 Å². The number of amides is 1. The summed E-state index contributed by atoms with van der Waals surface area (Å²) in [6, 6.07) is 0.430. The molecule has 1 amide bonds. The van der Waals surface area contributed by atoms with E-state index >= 15 is 0 Å². The van der Waals surface area contributed by atoms with Crippen LogP contribution >= 0.6 is 0 Å². The van der Waals surface area contributed by atoms with Gasteiger partial charge < -0.3 is 10.2 Å². The SMILES string of the molecule is CNC1CN(C(=O)CS(C)=O)C1. The molecule has 4 nitrogen and oxygen atoms in total. The monoisotopic (exact) mass is 190 g/mol. The molecule has 1 atom stereocenters. The Bertz CT molecular complexity index is 202. The molecular weight excluding hydrogens is 176 g/mol. The smallest absolute Gasteiger partial charge is 0.235 e. The Labute approximate surface area is 74.8 Å². The Morgan fingerprint density at radius 3 is 2.67 bits per heavy atom. The topological polar surface area (TPSA) is 49.4 Å². The summed E-state index contributed by atoms with van der Waals surface area (Å²) in [7, 11) is 0.871. The molecule has 0 aromatic carbocycles. The van der Waals surface area contributed by atoms with E-state index in [4.69, 9.17) is 0 Å². The zero-order valence-corrected chi connectivity index (χ0v) is 8.19. The van der Waals surface area contributed by atoms with Crippen molar-refractivity contribution in [2.45, 2.75) is 6.04 Å². The van der Waals surface area contributed by atoms with Crippen LogP contribution < -0.4 is 5.32 Å². The number of carbonyl (C=O) groups excluding carboxylic acids is 1. The van der Waals surface area contributed by atoms with Crippen LogP contribution in [0.2, 0.25) is 0 Å². The fourth-order valence-electron chi connectivity index (χ4n) is 1.13. The predicted octanol–water partition coefficient (Wildman–Crippen LogP) is -1.20. The number of nitrogens with one attached hydrogen (secondary N) is 1. The minimum absolute atomic E-state index is 0.00216. The Kier molecular flexibility index (Phi) is 3.22.